The van der Waals surface area contributed by atoms with Crippen molar-refractivity contribution in [1.82, 2.24) is 19.9 Å². The van der Waals surface area contributed by atoms with Crippen LogP contribution in [0.15, 0.2) is 9.59 Å². The van der Waals surface area contributed by atoms with Gasteiger partial charge in [-0.3, -0.25) is 14.8 Å². The lowest BCUT2D eigenvalue weighted by atomic mass is 10.1. The molecule has 86 valence electrons. The molecule has 0 atom stereocenters. The van der Waals surface area contributed by atoms with Crippen LogP contribution < -0.4 is 11.2 Å². The summed E-state index contributed by atoms with van der Waals surface area (Å²) in [5.41, 5.74) is -1.26. The number of nitrogens with zero attached hydrogens (tertiary/aromatic N) is 1. The van der Waals surface area contributed by atoms with E-state index in [0.717, 1.165) is 0 Å². The van der Waals surface area contributed by atoms with Crippen molar-refractivity contribution in [2.24, 2.45) is 0 Å². The van der Waals surface area contributed by atoms with Gasteiger partial charge in [-0.05, 0) is 13.8 Å². The normalized spacial score (nSPS) is 12.2. The highest BCUT2D eigenvalue weighted by atomic mass is 16.5. The first kappa shape index (κ1) is 10.6. The van der Waals surface area contributed by atoms with Gasteiger partial charge < -0.3 is 9.72 Å². The van der Waals surface area contributed by atoms with Gasteiger partial charge in [-0.25, -0.2) is 9.78 Å². The number of fused-ring (bicyclic) bond motifs is 1. The van der Waals surface area contributed by atoms with E-state index in [1.165, 1.54) is 0 Å². The third kappa shape index (κ3) is 1.54. The van der Waals surface area contributed by atoms with Crippen LogP contribution in [0.3, 0.4) is 0 Å². The lowest BCUT2D eigenvalue weighted by Gasteiger charge is -2.19. The summed E-state index contributed by atoms with van der Waals surface area (Å²) >= 11 is 0. The molecule has 16 heavy (non-hydrogen) atoms. The van der Waals surface area contributed by atoms with E-state index >= 15 is 0 Å². The monoisotopic (exact) mass is 224 g/mol. The van der Waals surface area contributed by atoms with E-state index in [1.54, 1.807) is 21.0 Å². The molecule has 0 bridgehead atoms. The topological polar surface area (TPSA) is 104 Å². The number of methoxy groups -OCH3 is 1. The SMILES string of the molecule is COC(C)(C)c1nc2[nH]c(=O)[nH]c(=O)c2[nH]1. The van der Waals surface area contributed by atoms with Gasteiger partial charge in [0.1, 0.15) is 16.9 Å². The molecule has 0 amide bonds. The predicted octanol–water partition coefficient (Wildman–Crippen LogP) is -0.179. The minimum atomic E-state index is -0.650. The molecule has 0 radical (unpaired) electrons. The summed E-state index contributed by atoms with van der Waals surface area (Å²) in [7, 11) is 1.54. The van der Waals surface area contributed by atoms with Gasteiger partial charge in [-0.15, -0.1) is 0 Å². The van der Waals surface area contributed by atoms with Crippen molar-refractivity contribution in [2.75, 3.05) is 7.11 Å². The first-order valence-corrected chi connectivity index (χ1v) is 4.72. The Morgan fingerprint density at radius 1 is 1.19 bits per heavy atom. The Hall–Kier alpha value is -1.89. The number of hydrogen-bond donors (Lipinski definition) is 3. The van der Waals surface area contributed by atoms with Crippen molar-refractivity contribution in [2.45, 2.75) is 19.4 Å². The van der Waals surface area contributed by atoms with Crippen LogP contribution in [0.5, 0.6) is 0 Å². The van der Waals surface area contributed by atoms with Crippen molar-refractivity contribution in [1.29, 1.82) is 0 Å². The highest BCUT2D eigenvalue weighted by Gasteiger charge is 2.24. The van der Waals surface area contributed by atoms with Crippen molar-refractivity contribution in [3.63, 3.8) is 0 Å². The van der Waals surface area contributed by atoms with Gasteiger partial charge in [0.25, 0.3) is 5.56 Å². The van der Waals surface area contributed by atoms with E-state index in [-0.39, 0.29) is 11.2 Å². The van der Waals surface area contributed by atoms with E-state index in [1.807, 2.05) is 0 Å². The van der Waals surface area contributed by atoms with Crippen LogP contribution in [0, 0.1) is 0 Å². The van der Waals surface area contributed by atoms with Crippen LogP contribution in [0.4, 0.5) is 0 Å². The van der Waals surface area contributed by atoms with Crippen LogP contribution in [0.2, 0.25) is 0 Å². The van der Waals surface area contributed by atoms with E-state index in [9.17, 15) is 9.59 Å². The van der Waals surface area contributed by atoms with Crippen LogP contribution in [0.1, 0.15) is 19.7 Å². The van der Waals surface area contributed by atoms with E-state index in [2.05, 4.69) is 19.9 Å². The van der Waals surface area contributed by atoms with Crippen LogP contribution in [-0.4, -0.2) is 27.0 Å². The number of ether oxygens (including phenoxy) is 1. The molecular formula is C9H12N4O3. The van der Waals surface area contributed by atoms with E-state index in [4.69, 9.17) is 4.74 Å². The fraction of sp³-hybridized carbons (Fsp3) is 0.444. The molecule has 2 rings (SSSR count). The fourth-order valence-corrected chi connectivity index (χ4v) is 1.31. The molecule has 0 unspecified atom stereocenters. The Bertz CT molecular complexity index is 634. The number of nitrogens with one attached hydrogen (secondary N) is 3. The summed E-state index contributed by atoms with van der Waals surface area (Å²) in [5.74, 6) is 0.484. The third-order valence-corrected chi connectivity index (χ3v) is 2.47. The van der Waals surface area contributed by atoms with Gasteiger partial charge in [-0.2, -0.15) is 0 Å². The Balaban J connectivity index is 2.75. The molecule has 7 nitrogen and oxygen atoms in total. The Morgan fingerprint density at radius 3 is 2.50 bits per heavy atom. The molecule has 0 saturated heterocycles. The molecule has 0 aliphatic heterocycles. The Morgan fingerprint density at radius 2 is 1.88 bits per heavy atom. The average molecular weight is 224 g/mol. The summed E-state index contributed by atoms with van der Waals surface area (Å²) in [6.45, 7) is 3.61. The molecule has 2 heterocycles. The number of hydrogen-bond acceptors (Lipinski definition) is 4. The second-order valence-corrected chi connectivity index (χ2v) is 3.93. The third-order valence-electron chi connectivity index (χ3n) is 2.47. The number of imidazole rings is 1. The molecule has 0 spiro atoms. The van der Waals surface area contributed by atoms with Crippen molar-refractivity contribution < 1.29 is 4.74 Å². The second-order valence-electron chi connectivity index (χ2n) is 3.93. The van der Waals surface area contributed by atoms with Gasteiger partial charge >= 0.3 is 5.69 Å². The highest BCUT2D eigenvalue weighted by molar-refractivity contribution is 5.68. The van der Waals surface area contributed by atoms with Crippen molar-refractivity contribution >= 4 is 11.2 Å². The zero-order valence-electron chi connectivity index (χ0n) is 9.17. The van der Waals surface area contributed by atoms with Crippen LogP contribution in [-0.2, 0) is 10.3 Å². The van der Waals surface area contributed by atoms with Crippen LogP contribution in [0.25, 0.3) is 11.2 Å². The average Bonchev–Trinajstić information content (AvgIpc) is 2.62. The van der Waals surface area contributed by atoms with E-state index < -0.39 is 16.9 Å². The lowest BCUT2D eigenvalue weighted by Crippen LogP contribution is -2.22. The van der Waals surface area contributed by atoms with Gasteiger partial charge in [0.15, 0.2) is 5.65 Å². The molecule has 7 heteroatoms. The van der Waals surface area contributed by atoms with Gasteiger partial charge in [0.2, 0.25) is 0 Å². The standard InChI is InChI=1S/C9H12N4O3/c1-9(2,16-3)7-10-4-5(11-7)12-8(15)13-6(4)14/h1-3H3,(H3,10,11,12,13,14,15). The minimum Gasteiger partial charge on any atom is -0.371 e. The Kier molecular flexibility index (Phi) is 2.20. The maximum atomic E-state index is 11.4. The summed E-state index contributed by atoms with van der Waals surface area (Å²) in [6, 6.07) is 0. The molecule has 0 saturated carbocycles. The summed E-state index contributed by atoms with van der Waals surface area (Å²) in [6.07, 6.45) is 0. The molecule has 2 aromatic rings. The lowest BCUT2D eigenvalue weighted by molar-refractivity contribution is 0.0124. The quantitative estimate of drug-likeness (QED) is 0.658. The first-order chi connectivity index (χ1) is 7.44. The van der Waals surface area contributed by atoms with Gasteiger partial charge in [-0.1, -0.05) is 0 Å². The van der Waals surface area contributed by atoms with E-state index in [0.29, 0.717) is 5.82 Å². The van der Waals surface area contributed by atoms with Gasteiger partial charge in [0, 0.05) is 7.11 Å². The van der Waals surface area contributed by atoms with Crippen LogP contribution >= 0.6 is 0 Å². The fourth-order valence-electron chi connectivity index (χ4n) is 1.31. The number of H-pyrrole nitrogens is 3. The number of aromatic amines is 3. The first-order valence-electron chi connectivity index (χ1n) is 4.72. The second kappa shape index (κ2) is 3.31. The number of rotatable bonds is 2. The number of aromatic nitrogens is 4. The minimum absolute atomic E-state index is 0.230. The predicted molar refractivity (Wildman–Crippen MR) is 57.4 cm³/mol. The maximum Gasteiger partial charge on any atom is 0.327 e. The van der Waals surface area contributed by atoms with Gasteiger partial charge in [0.05, 0.1) is 0 Å². The van der Waals surface area contributed by atoms with Crippen molar-refractivity contribution in [3.05, 3.63) is 26.7 Å². The molecule has 0 aliphatic rings. The summed E-state index contributed by atoms with van der Waals surface area (Å²) < 4.78 is 5.23. The molecule has 0 aromatic carbocycles. The Labute approximate surface area is 89.9 Å². The summed E-state index contributed by atoms with van der Waals surface area (Å²) in [5, 5.41) is 0. The largest absolute Gasteiger partial charge is 0.371 e. The highest BCUT2D eigenvalue weighted by Crippen LogP contribution is 2.21. The zero-order chi connectivity index (χ0) is 11.9. The maximum absolute atomic E-state index is 11.4. The summed E-state index contributed by atoms with van der Waals surface area (Å²) in [4.78, 5) is 34.0. The molecule has 0 aliphatic carbocycles. The zero-order valence-corrected chi connectivity index (χ0v) is 9.17. The molecule has 3 N–H and O–H groups in total. The van der Waals surface area contributed by atoms with Crippen molar-refractivity contribution in [3.8, 4) is 0 Å². The molecule has 0 fully saturated rings. The molecule has 2 aromatic heterocycles. The smallest absolute Gasteiger partial charge is 0.327 e. The molecular weight excluding hydrogens is 212 g/mol.